The topological polar surface area (TPSA) is 68.0 Å². The summed E-state index contributed by atoms with van der Waals surface area (Å²) in [6.45, 7) is 0. The largest absolute Gasteiger partial charge is 0.476 e. The maximum absolute atomic E-state index is 13.4. The molecule has 3 rings (SSSR count). The van der Waals surface area contributed by atoms with Gasteiger partial charge in [0.05, 0.1) is 11.4 Å². The highest BCUT2D eigenvalue weighted by molar-refractivity contribution is 5.87. The summed E-state index contributed by atoms with van der Waals surface area (Å²) in [5.74, 6) is -1.56. The van der Waals surface area contributed by atoms with Crippen LogP contribution in [0.25, 0.3) is 16.9 Å². The quantitative estimate of drug-likeness (QED) is 0.802. The molecule has 104 valence electrons. The lowest BCUT2D eigenvalue weighted by atomic mass is 10.2. The van der Waals surface area contributed by atoms with E-state index >= 15 is 0 Å². The fourth-order valence-corrected chi connectivity index (χ4v) is 2.01. The Morgan fingerprint density at radius 3 is 2.71 bits per heavy atom. The van der Waals surface area contributed by atoms with Crippen molar-refractivity contribution in [1.29, 1.82) is 0 Å². The summed E-state index contributed by atoms with van der Waals surface area (Å²) in [4.78, 5) is 15.1. The molecule has 5 nitrogen and oxygen atoms in total. The van der Waals surface area contributed by atoms with Crippen LogP contribution in [0.5, 0.6) is 0 Å². The number of carboxylic acid groups (broad SMARTS) is 1. The second-order valence-corrected chi connectivity index (χ2v) is 4.35. The SMILES string of the molecule is O=C(O)c1cc(-c2cccnc2)n(-c2cccc(F)c2)n1. The van der Waals surface area contributed by atoms with Crippen molar-refractivity contribution in [2.75, 3.05) is 0 Å². The van der Waals surface area contributed by atoms with Crippen LogP contribution < -0.4 is 0 Å². The average molecular weight is 283 g/mol. The molecule has 0 radical (unpaired) electrons. The van der Waals surface area contributed by atoms with Crippen molar-refractivity contribution >= 4 is 5.97 Å². The van der Waals surface area contributed by atoms with E-state index in [1.54, 1.807) is 36.7 Å². The Kier molecular flexibility index (Phi) is 3.19. The molecule has 1 aromatic carbocycles. The first kappa shape index (κ1) is 13.0. The molecule has 2 heterocycles. The van der Waals surface area contributed by atoms with Gasteiger partial charge in [-0.25, -0.2) is 13.9 Å². The predicted molar refractivity (Wildman–Crippen MR) is 73.7 cm³/mol. The summed E-state index contributed by atoms with van der Waals surface area (Å²) >= 11 is 0. The Morgan fingerprint density at radius 1 is 1.19 bits per heavy atom. The standard InChI is InChI=1S/C15H10FN3O2/c16-11-4-1-5-12(7-11)19-14(8-13(18-19)15(20)21)10-3-2-6-17-9-10/h1-9H,(H,20,21). The van der Waals surface area contributed by atoms with Gasteiger partial charge >= 0.3 is 5.97 Å². The number of pyridine rings is 1. The van der Waals surface area contributed by atoms with Crippen molar-refractivity contribution in [1.82, 2.24) is 14.8 Å². The molecule has 0 saturated heterocycles. The highest BCUT2D eigenvalue weighted by Gasteiger charge is 2.16. The van der Waals surface area contributed by atoms with Crippen LogP contribution in [-0.2, 0) is 0 Å². The van der Waals surface area contributed by atoms with Crippen LogP contribution in [-0.4, -0.2) is 25.8 Å². The minimum Gasteiger partial charge on any atom is -0.476 e. The Bertz CT molecular complexity index is 800. The number of nitrogens with zero attached hydrogens (tertiary/aromatic N) is 3. The third-order valence-corrected chi connectivity index (χ3v) is 2.94. The smallest absolute Gasteiger partial charge is 0.356 e. The molecule has 2 aromatic heterocycles. The van der Waals surface area contributed by atoms with Crippen LogP contribution in [0, 0.1) is 5.82 Å². The van der Waals surface area contributed by atoms with Crippen molar-refractivity contribution in [3.05, 3.63) is 66.4 Å². The lowest BCUT2D eigenvalue weighted by Crippen LogP contribution is -2.02. The highest BCUT2D eigenvalue weighted by Crippen LogP contribution is 2.23. The number of aromatic nitrogens is 3. The molecule has 0 atom stereocenters. The van der Waals surface area contributed by atoms with Gasteiger partial charge in [-0.15, -0.1) is 0 Å². The number of rotatable bonds is 3. The Hall–Kier alpha value is -3.02. The van der Waals surface area contributed by atoms with Crippen LogP contribution in [0.15, 0.2) is 54.9 Å². The van der Waals surface area contributed by atoms with Gasteiger partial charge in [0.25, 0.3) is 0 Å². The molecule has 0 aliphatic carbocycles. The van der Waals surface area contributed by atoms with Crippen LogP contribution in [0.3, 0.4) is 0 Å². The molecule has 0 bridgehead atoms. The van der Waals surface area contributed by atoms with Crippen molar-refractivity contribution in [2.24, 2.45) is 0 Å². The van der Waals surface area contributed by atoms with Gasteiger partial charge in [0.1, 0.15) is 5.82 Å². The molecule has 1 N–H and O–H groups in total. The first-order chi connectivity index (χ1) is 10.1. The fraction of sp³-hybridized carbons (Fsp3) is 0. The summed E-state index contributed by atoms with van der Waals surface area (Å²) in [6.07, 6.45) is 3.21. The Balaban J connectivity index is 2.21. The molecule has 0 saturated carbocycles. The first-order valence-corrected chi connectivity index (χ1v) is 6.15. The summed E-state index contributed by atoms with van der Waals surface area (Å²) in [5, 5.41) is 13.1. The van der Waals surface area contributed by atoms with E-state index < -0.39 is 11.8 Å². The number of halogens is 1. The molecule has 3 aromatic rings. The highest BCUT2D eigenvalue weighted by atomic mass is 19.1. The molecule has 0 spiro atoms. The molecule has 0 unspecified atom stereocenters. The van der Waals surface area contributed by atoms with Gasteiger partial charge in [-0.1, -0.05) is 6.07 Å². The molecule has 0 aliphatic rings. The zero-order chi connectivity index (χ0) is 14.8. The molecular weight excluding hydrogens is 273 g/mol. The molecule has 0 amide bonds. The lowest BCUT2D eigenvalue weighted by molar-refractivity contribution is 0.0690. The molecule has 6 heteroatoms. The average Bonchev–Trinajstić information content (AvgIpc) is 2.93. The minimum absolute atomic E-state index is 0.113. The zero-order valence-electron chi connectivity index (χ0n) is 10.8. The minimum atomic E-state index is -1.14. The summed E-state index contributed by atoms with van der Waals surface area (Å²) in [6, 6.07) is 10.8. The van der Waals surface area contributed by atoms with Crippen molar-refractivity contribution in [3.8, 4) is 16.9 Å². The molecule has 0 aliphatic heterocycles. The number of benzene rings is 1. The Labute approximate surface area is 119 Å². The van der Waals surface area contributed by atoms with Gasteiger partial charge in [0, 0.05) is 18.0 Å². The molecule has 0 fully saturated rings. The number of carboxylic acids is 1. The first-order valence-electron chi connectivity index (χ1n) is 6.15. The van der Waals surface area contributed by atoms with Crippen LogP contribution >= 0.6 is 0 Å². The van der Waals surface area contributed by atoms with Gasteiger partial charge in [0.15, 0.2) is 5.69 Å². The second kappa shape index (κ2) is 5.16. The summed E-state index contributed by atoms with van der Waals surface area (Å²) in [7, 11) is 0. The zero-order valence-corrected chi connectivity index (χ0v) is 10.8. The van der Waals surface area contributed by atoms with E-state index in [-0.39, 0.29) is 5.69 Å². The van der Waals surface area contributed by atoms with Gasteiger partial charge in [-0.3, -0.25) is 4.98 Å². The summed E-state index contributed by atoms with van der Waals surface area (Å²) < 4.78 is 14.8. The Morgan fingerprint density at radius 2 is 2.05 bits per heavy atom. The van der Waals surface area contributed by atoms with E-state index in [1.165, 1.54) is 22.9 Å². The van der Waals surface area contributed by atoms with E-state index in [4.69, 9.17) is 5.11 Å². The van der Waals surface area contributed by atoms with Gasteiger partial charge in [-0.05, 0) is 36.4 Å². The third-order valence-electron chi connectivity index (χ3n) is 2.94. The van der Waals surface area contributed by atoms with E-state index in [9.17, 15) is 9.18 Å². The molecule has 21 heavy (non-hydrogen) atoms. The van der Waals surface area contributed by atoms with E-state index in [0.29, 0.717) is 16.9 Å². The van der Waals surface area contributed by atoms with Crippen molar-refractivity contribution < 1.29 is 14.3 Å². The predicted octanol–water partition coefficient (Wildman–Crippen LogP) is 2.77. The van der Waals surface area contributed by atoms with Crippen molar-refractivity contribution in [2.45, 2.75) is 0 Å². The van der Waals surface area contributed by atoms with Crippen LogP contribution in [0.1, 0.15) is 10.5 Å². The van der Waals surface area contributed by atoms with Crippen LogP contribution in [0.2, 0.25) is 0 Å². The maximum Gasteiger partial charge on any atom is 0.356 e. The van der Waals surface area contributed by atoms with Crippen LogP contribution in [0.4, 0.5) is 4.39 Å². The number of carbonyl (C=O) groups is 1. The van der Waals surface area contributed by atoms with E-state index in [1.807, 2.05) is 0 Å². The van der Waals surface area contributed by atoms with Gasteiger partial charge in [-0.2, -0.15) is 5.10 Å². The van der Waals surface area contributed by atoms with Crippen molar-refractivity contribution in [3.63, 3.8) is 0 Å². The normalized spacial score (nSPS) is 10.5. The van der Waals surface area contributed by atoms with Gasteiger partial charge < -0.3 is 5.11 Å². The maximum atomic E-state index is 13.4. The monoisotopic (exact) mass is 283 g/mol. The summed E-state index contributed by atoms with van der Waals surface area (Å²) in [5.41, 5.74) is 1.56. The number of hydrogen-bond acceptors (Lipinski definition) is 3. The number of hydrogen-bond donors (Lipinski definition) is 1. The van der Waals surface area contributed by atoms with E-state index in [2.05, 4.69) is 10.1 Å². The number of aromatic carboxylic acids is 1. The van der Waals surface area contributed by atoms with E-state index in [0.717, 1.165) is 0 Å². The lowest BCUT2D eigenvalue weighted by Gasteiger charge is -2.07. The second-order valence-electron chi connectivity index (χ2n) is 4.35. The third kappa shape index (κ3) is 2.51. The molecular formula is C15H10FN3O2. The van der Waals surface area contributed by atoms with Gasteiger partial charge in [0.2, 0.25) is 0 Å². The fourth-order valence-electron chi connectivity index (χ4n) is 2.01.